The van der Waals surface area contributed by atoms with Crippen molar-refractivity contribution in [3.05, 3.63) is 0 Å². The van der Waals surface area contributed by atoms with E-state index in [1.54, 1.807) is 0 Å². The molecule has 0 aromatic rings. The molecule has 2 fully saturated rings. The molecule has 20 heavy (non-hydrogen) atoms. The van der Waals surface area contributed by atoms with Crippen molar-refractivity contribution in [2.75, 3.05) is 27.2 Å². The number of halogens is 2. The summed E-state index contributed by atoms with van der Waals surface area (Å²) in [6.07, 6.45) is 19.7. The van der Waals surface area contributed by atoms with E-state index in [0.29, 0.717) is 11.8 Å². The lowest BCUT2D eigenvalue weighted by molar-refractivity contribution is -0.895. The molecule has 116 valence electrons. The zero-order chi connectivity index (χ0) is 13.4. The Hall–Kier alpha value is 0.1000. The lowest BCUT2D eigenvalue weighted by atomic mass is 9.90. The minimum Gasteiger partial charge on any atom is -1.00 e. The van der Waals surface area contributed by atoms with Gasteiger partial charge in [0, 0.05) is 24.7 Å². The van der Waals surface area contributed by atoms with Crippen LogP contribution in [0.5, 0.6) is 0 Å². The number of hydrogen-bond acceptors (Lipinski definition) is 0. The first kappa shape index (κ1) is 22.4. The Morgan fingerprint density at radius 1 is 0.800 bits per heavy atom. The predicted octanol–water partition coefficient (Wildman–Crippen LogP) is 0.732. The average molecular weight is 410 g/mol. The van der Waals surface area contributed by atoms with E-state index in [1.807, 2.05) is 0 Å². The fourth-order valence-corrected chi connectivity index (χ4v) is 2.70. The first-order valence-electron chi connectivity index (χ1n) is 7.31. The van der Waals surface area contributed by atoms with Crippen LogP contribution in [0, 0.1) is 36.5 Å². The monoisotopic (exact) mass is 409 g/mol. The van der Waals surface area contributed by atoms with Crippen LogP contribution in [0.1, 0.15) is 44.9 Å². The number of quaternary nitrogens is 1. The predicted molar refractivity (Wildman–Crippen MR) is 86.1 cm³/mol. The summed E-state index contributed by atoms with van der Waals surface area (Å²) in [4.78, 5) is 0. The topological polar surface area (TPSA) is 0 Å². The van der Waals surface area contributed by atoms with E-state index in [4.69, 9.17) is 12.8 Å². The Morgan fingerprint density at radius 3 is 1.55 bits per heavy atom. The smallest absolute Gasteiger partial charge is 0.0794 e. The van der Waals surface area contributed by atoms with Crippen molar-refractivity contribution in [2.24, 2.45) is 11.8 Å². The maximum absolute atomic E-state index is 5.33. The molecule has 3 heteroatoms. The fraction of sp³-hybridized carbons (Fsp3) is 0.765. The first-order chi connectivity index (χ1) is 8.57. The molecule has 1 saturated carbocycles. The van der Waals surface area contributed by atoms with Gasteiger partial charge in [0.25, 0.3) is 0 Å². The number of rotatable bonds is 0. The molecule has 0 atom stereocenters. The molecular weight excluding hydrogens is 381 g/mol. The maximum Gasteiger partial charge on any atom is 0.0794 e. The van der Waals surface area contributed by atoms with E-state index in [1.165, 1.54) is 58.0 Å². The second-order valence-electron chi connectivity index (χ2n) is 6.33. The van der Waals surface area contributed by atoms with Gasteiger partial charge in [0.15, 0.2) is 0 Å². The number of piperidine rings is 1. The molecule has 1 aliphatic heterocycles. The summed E-state index contributed by atoms with van der Waals surface area (Å²) in [6.45, 7) is 2.49. The molecular formula is C17H29ClIN. The Balaban J connectivity index is 0. The highest BCUT2D eigenvalue weighted by molar-refractivity contribution is 5.85. The quantitative estimate of drug-likeness (QED) is 0.314. The molecule has 0 N–H and O–H groups in total. The number of nitrogens with zero attached hydrogens (tertiary/aromatic N) is 1. The van der Waals surface area contributed by atoms with Crippen molar-refractivity contribution in [3.8, 4) is 24.7 Å². The molecule has 1 heterocycles. The molecule has 0 aromatic carbocycles. The number of terminal acetylenes is 2. The highest BCUT2D eigenvalue weighted by Crippen LogP contribution is 2.22. The van der Waals surface area contributed by atoms with Gasteiger partial charge in [-0.25, -0.2) is 0 Å². The van der Waals surface area contributed by atoms with Crippen LogP contribution in [-0.2, 0) is 0 Å². The second kappa shape index (κ2) is 11.7. The minimum atomic E-state index is 0. The van der Waals surface area contributed by atoms with Crippen LogP contribution in [0.2, 0.25) is 0 Å². The lowest BCUT2D eigenvalue weighted by Gasteiger charge is -2.35. The van der Waals surface area contributed by atoms with Gasteiger partial charge in [0.05, 0.1) is 27.2 Å². The number of hydrogen-bond donors (Lipinski definition) is 0. The van der Waals surface area contributed by atoms with Gasteiger partial charge in [-0.2, -0.15) is 0 Å². The Labute approximate surface area is 149 Å². The standard InChI is InChI=1S/C9H16N.C8H12.ClH.HI/c1-4-9-5-7-10(2,3)8-6-9;1-2-8-6-4-3-5-7-8;;/h1,9H,5-8H2,2-3H3;1,8H,3-7H2;2*1H/q+1;;;/p-1. The summed E-state index contributed by atoms with van der Waals surface area (Å²) in [6, 6.07) is 0. The van der Waals surface area contributed by atoms with Crippen LogP contribution in [0.3, 0.4) is 0 Å². The Bertz CT molecular complexity index is 311. The van der Waals surface area contributed by atoms with Crippen LogP contribution in [0.25, 0.3) is 0 Å². The van der Waals surface area contributed by atoms with E-state index in [-0.39, 0.29) is 36.4 Å². The highest BCUT2D eigenvalue weighted by atomic mass is 127. The molecule has 0 spiro atoms. The molecule has 1 nitrogen and oxygen atoms in total. The molecule has 0 amide bonds. The third-order valence-electron chi connectivity index (χ3n) is 4.24. The summed E-state index contributed by atoms with van der Waals surface area (Å²) in [5.74, 6) is 6.81. The van der Waals surface area contributed by atoms with Crippen molar-refractivity contribution in [3.63, 3.8) is 0 Å². The molecule has 2 aliphatic rings. The minimum absolute atomic E-state index is 0. The van der Waals surface area contributed by atoms with E-state index in [2.05, 4.69) is 25.9 Å². The fourth-order valence-electron chi connectivity index (χ4n) is 2.70. The van der Waals surface area contributed by atoms with Gasteiger partial charge in [-0.3, -0.25) is 0 Å². The van der Waals surface area contributed by atoms with Crippen LogP contribution in [-0.4, -0.2) is 31.7 Å². The Kier molecular flexibility index (Phi) is 13.1. The maximum atomic E-state index is 5.33. The van der Waals surface area contributed by atoms with Crippen LogP contribution >= 0.6 is 12.4 Å². The van der Waals surface area contributed by atoms with Gasteiger partial charge >= 0.3 is 0 Å². The largest absolute Gasteiger partial charge is 1.00 e. The summed E-state index contributed by atoms with van der Waals surface area (Å²) in [5.41, 5.74) is 0. The van der Waals surface area contributed by atoms with Gasteiger partial charge in [-0.05, 0) is 12.8 Å². The van der Waals surface area contributed by atoms with Crippen LogP contribution < -0.4 is 24.0 Å². The first-order valence-corrected chi connectivity index (χ1v) is 7.31. The third-order valence-corrected chi connectivity index (χ3v) is 4.24. The zero-order valence-corrected chi connectivity index (χ0v) is 15.9. The molecule has 0 aromatic heterocycles. The number of likely N-dealkylation sites (tertiary alicyclic amines) is 1. The Morgan fingerprint density at radius 2 is 1.20 bits per heavy atom. The third kappa shape index (κ3) is 9.11. The molecule has 1 saturated heterocycles. The van der Waals surface area contributed by atoms with E-state index >= 15 is 0 Å². The van der Waals surface area contributed by atoms with E-state index in [0.717, 1.165) is 4.48 Å². The van der Waals surface area contributed by atoms with Gasteiger partial charge in [0.2, 0.25) is 0 Å². The van der Waals surface area contributed by atoms with Gasteiger partial charge in [0.1, 0.15) is 0 Å². The normalized spacial score (nSPS) is 21.8. The van der Waals surface area contributed by atoms with Crippen molar-refractivity contribution in [1.29, 1.82) is 0 Å². The molecule has 0 bridgehead atoms. The van der Waals surface area contributed by atoms with Crippen molar-refractivity contribution < 1.29 is 28.5 Å². The van der Waals surface area contributed by atoms with E-state index in [9.17, 15) is 0 Å². The highest BCUT2D eigenvalue weighted by Gasteiger charge is 2.24. The van der Waals surface area contributed by atoms with E-state index < -0.39 is 0 Å². The van der Waals surface area contributed by atoms with Gasteiger partial charge in [-0.1, -0.05) is 19.3 Å². The van der Waals surface area contributed by atoms with Gasteiger partial charge < -0.3 is 28.5 Å². The lowest BCUT2D eigenvalue weighted by Crippen LogP contribution is -3.00. The SMILES string of the molecule is C#CC1CCCCC1.C#CC1CC[N+](C)(C)CC1.Cl.[I-]. The average Bonchev–Trinajstić information content (AvgIpc) is 2.40. The summed E-state index contributed by atoms with van der Waals surface area (Å²) in [5, 5.41) is 0. The van der Waals surface area contributed by atoms with Crippen molar-refractivity contribution in [1.82, 2.24) is 0 Å². The summed E-state index contributed by atoms with van der Waals surface area (Å²) < 4.78 is 1.15. The molecule has 0 radical (unpaired) electrons. The molecule has 0 unspecified atom stereocenters. The van der Waals surface area contributed by atoms with Gasteiger partial charge in [-0.15, -0.1) is 37.1 Å². The summed E-state index contributed by atoms with van der Waals surface area (Å²) in [7, 11) is 4.54. The molecule has 2 rings (SSSR count). The van der Waals surface area contributed by atoms with Crippen molar-refractivity contribution >= 4 is 12.4 Å². The zero-order valence-electron chi connectivity index (χ0n) is 12.9. The van der Waals surface area contributed by atoms with Crippen LogP contribution in [0.4, 0.5) is 0 Å². The summed E-state index contributed by atoms with van der Waals surface area (Å²) >= 11 is 0. The van der Waals surface area contributed by atoms with Crippen LogP contribution in [0.15, 0.2) is 0 Å². The molecule has 1 aliphatic carbocycles. The second-order valence-corrected chi connectivity index (χ2v) is 6.33. The van der Waals surface area contributed by atoms with Crippen molar-refractivity contribution in [2.45, 2.75) is 44.9 Å².